The van der Waals surface area contributed by atoms with Crippen LogP contribution in [-0.2, 0) is 4.79 Å². The van der Waals surface area contributed by atoms with Crippen molar-refractivity contribution in [2.24, 2.45) is 0 Å². The third kappa shape index (κ3) is 4.88. The first-order valence-corrected chi connectivity index (χ1v) is 6.18. The van der Waals surface area contributed by atoms with Crippen LogP contribution in [0.4, 0.5) is 0 Å². The van der Waals surface area contributed by atoms with Gasteiger partial charge in [0.15, 0.2) is 0 Å². The van der Waals surface area contributed by atoms with Crippen LogP contribution in [-0.4, -0.2) is 11.7 Å². The predicted molar refractivity (Wildman–Crippen MR) is 68.6 cm³/mol. The largest absolute Gasteiger partial charge is 0.325 e. The second kappa shape index (κ2) is 8.36. The molecule has 0 aliphatic carbocycles. The van der Waals surface area contributed by atoms with E-state index in [0.717, 1.165) is 16.4 Å². The van der Waals surface area contributed by atoms with Crippen LogP contribution in [0.25, 0.3) is 0 Å². The topological polar surface area (TPSA) is 29.1 Å². The van der Waals surface area contributed by atoms with Gasteiger partial charge in [0.1, 0.15) is 0 Å². The van der Waals surface area contributed by atoms with Crippen LogP contribution in [0.15, 0.2) is 35.4 Å². The first-order valence-electron chi connectivity index (χ1n) is 5.20. The molecule has 0 bridgehead atoms. The van der Waals surface area contributed by atoms with E-state index in [4.69, 9.17) is 0 Å². The minimum Gasteiger partial charge on any atom is -0.325 e. The Balaban J connectivity index is 0.000000921. The van der Waals surface area contributed by atoms with E-state index in [1.165, 1.54) is 0 Å². The molecule has 1 rings (SSSR count). The molecule has 1 aliphatic heterocycles. The first-order chi connectivity index (χ1) is 7.27. The number of amides is 1. The monoisotopic (exact) mass is 225 g/mol. The van der Waals surface area contributed by atoms with Crippen LogP contribution in [0.3, 0.4) is 0 Å². The fourth-order valence-electron chi connectivity index (χ4n) is 1.05. The molecule has 0 fully saturated rings. The van der Waals surface area contributed by atoms with Crippen molar-refractivity contribution in [1.82, 2.24) is 5.32 Å². The van der Waals surface area contributed by atoms with Gasteiger partial charge in [-0.2, -0.15) is 0 Å². The van der Waals surface area contributed by atoms with Crippen molar-refractivity contribution < 1.29 is 4.79 Å². The summed E-state index contributed by atoms with van der Waals surface area (Å²) in [6, 6.07) is 0. The normalized spacial score (nSPS) is 16.6. The summed E-state index contributed by atoms with van der Waals surface area (Å²) in [5, 5.41) is 2.81. The second-order valence-corrected chi connectivity index (χ2v) is 3.77. The van der Waals surface area contributed by atoms with E-state index < -0.39 is 0 Å². The van der Waals surface area contributed by atoms with Gasteiger partial charge in [-0.15, -0.1) is 11.8 Å². The van der Waals surface area contributed by atoms with Gasteiger partial charge in [0.2, 0.25) is 5.91 Å². The van der Waals surface area contributed by atoms with Gasteiger partial charge in [-0.05, 0) is 13.0 Å². The van der Waals surface area contributed by atoms with E-state index in [2.05, 4.69) is 11.9 Å². The lowest BCUT2D eigenvalue weighted by molar-refractivity contribution is -0.119. The average molecular weight is 225 g/mol. The van der Waals surface area contributed by atoms with Crippen molar-refractivity contribution in [2.75, 3.05) is 5.75 Å². The molecule has 0 aromatic carbocycles. The first kappa shape index (κ1) is 14.0. The van der Waals surface area contributed by atoms with Crippen molar-refractivity contribution in [3.05, 3.63) is 35.4 Å². The molecule has 15 heavy (non-hydrogen) atoms. The fourth-order valence-corrected chi connectivity index (χ4v) is 2.08. The summed E-state index contributed by atoms with van der Waals surface area (Å²) in [7, 11) is 0. The smallest absolute Gasteiger partial charge is 0.225 e. The highest BCUT2D eigenvalue weighted by Crippen LogP contribution is 2.24. The maximum Gasteiger partial charge on any atom is 0.225 e. The zero-order valence-electron chi connectivity index (χ0n) is 9.67. The number of allylic oxidation sites excluding steroid dienone is 3. The molecule has 0 saturated heterocycles. The van der Waals surface area contributed by atoms with Crippen LogP contribution < -0.4 is 5.32 Å². The zero-order chi connectivity index (χ0) is 11.7. The standard InChI is InChI=1S/C10H13NOS.C2H6/c1-3-5-9-8(4-2)11-10(12)6-7-13-9;1-2/h3-5H,2,6-7H2,1H3,(H,11,12);1-2H3/b5-3-;. The minimum atomic E-state index is 0.0712. The lowest BCUT2D eigenvalue weighted by atomic mass is 10.3. The number of nitrogens with one attached hydrogen (secondary N) is 1. The molecule has 0 atom stereocenters. The Labute approximate surface area is 96.5 Å². The van der Waals surface area contributed by atoms with E-state index in [0.29, 0.717) is 6.42 Å². The quantitative estimate of drug-likeness (QED) is 0.781. The number of carbonyl (C=O) groups is 1. The van der Waals surface area contributed by atoms with Gasteiger partial charge >= 0.3 is 0 Å². The number of hydrogen-bond donors (Lipinski definition) is 1. The third-order valence-corrected chi connectivity index (χ3v) is 2.72. The number of carbonyl (C=O) groups excluding carboxylic acids is 1. The number of rotatable bonds is 2. The molecule has 0 spiro atoms. The zero-order valence-corrected chi connectivity index (χ0v) is 10.5. The molecule has 1 N–H and O–H groups in total. The summed E-state index contributed by atoms with van der Waals surface area (Å²) in [6.45, 7) is 9.63. The highest BCUT2D eigenvalue weighted by molar-refractivity contribution is 8.03. The Morgan fingerprint density at radius 3 is 2.67 bits per heavy atom. The Morgan fingerprint density at radius 2 is 2.13 bits per heavy atom. The maximum absolute atomic E-state index is 11.2. The van der Waals surface area contributed by atoms with E-state index in [-0.39, 0.29) is 5.91 Å². The molecule has 0 unspecified atom stereocenters. The summed E-state index contributed by atoms with van der Waals surface area (Å²) in [4.78, 5) is 12.3. The molecule has 3 heteroatoms. The molecule has 1 heterocycles. The Bertz CT molecular complexity index is 279. The lowest BCUT2D eigenvalue weighted by Gasteiger charge is -2.03. The van der Waals surface area contributed by atoms with E-state index in [9.17, 15) is 4.79 Å². The van der Waals surface area contributed by atoms with E-state index in [1.807, 2.05) is 32.9 Å². The van der Waals surface area contributed by atoms with Crippen molar-refractivity contribution in [1.29, 1.82) is 0 Å². The molecular weight excluding hydrogens is 206 g/mol. The van der Waals surface area contributed by atoms with Crippen LogP contribution >= 0.6 is 11.8 Å². The third-order valence-electron chi connectivity index (χ3n) is 1.65. The van der Waals surface area contributed by atoms with Gasteiger partial charge in [0.05, 0.1) is 5.70 Å². The molecule has 2 nitrogen and oxygen atoms in total. The van der Waals surface area contributed by atoms with Gasteiger partial charge in [-0.3, -0.25) is 4.79 Å². The van der Waals surface area contributed by atoms with E-state index in [1.54, 1.807) is 17.8 Å². The van der Waals surface area contributed by atoms with Crippen LogP contribution in [0.1, 0.15) is 27.2 Å². The summed E-state index contributed by atoms with van der Waals surface area (Å²) in [6.07, 6.45) is 6.21. The lowest BCUT2D eigenvalue weighted by Crippen LogP contribution is -2.20. The number of hydrogen-bond acceptors (Lipinski definition) is 2. The van der Waals surface area contributed by atoms with Gasteiger partial charge in [0, 0.05) is 17.1 Å². The highest BCUT2D eigenvalue weighted by Gasteiger charge is 2.11. The molecular formula is C12H19NOS. The molecule has 0 aromatic rings. The highest BCUT2D eigenvalue weighted by atomic mass is 32.2. The van der Waals surface area contributed by atoms with Gasteiger partial charge in [-0.1, -0.05) is 32.6 Å². The second-order valence-electron chi connectivity index (χ2n) is 2.63. The molecule has 0 aromatic heterocycles. The Morgan fingerprint density at radius 1 is 1.47 bits per heavy atom. The average Bonchev–Trinajstić information content (AvgIpc) is 2.44. The van der Waals surface area contributed by atoms with E-state index >= 15 is 0 Å². The Hall–Kier alpha value is -0.960. The van der Waals surface area contributed by atoms with Crippen molar-refractivity contribution in [2.45, 2.75) is 27.2 Å². The molecule has 84 valence electrons. The van der Waals surface area contributed by atoms with Gasteiger partial charge in [0.25, 0.3) is 0 Å². The SMILES string of the molecule is C=CC1=C(/C=C\C)SCCC(=O)N1.CC. The molecule has 1 aliphatic rings. The van der Waals surface area contributed by atoms with Crippen LogP contribution in [0.2, 0.25) is 0 Å². The van der Waals surface area contributed by atoms with Crippen molar-refractivity contribution in [3.8, 4) is 0 Å². The maximum atomic E-state index is 11.2. The number of thioether (sulfide) groups is 1. The molecule has 0 radical (unpaired) electrons. The summed E-state index contributed by atoms with van der Waals surface area (Å²) in [5.41, 5.74) is 0.825. The van der Waals surface area contributed by atoms with Crippen molar-refractivity contribution in [3.63, 3.8) is 0 Å². The summed E-state index contributed by atoms with van der Waals surface area (Å²) >= 11 is 1.68. The molecule has 1 amide bonds. The Kier molecular flexibility index (Phi) is 7.82. The molecule has 0 saturated carbocycles. The minimum absolute atomic E-state index is 0.0712. The predicted octanol–water partition coefficient (Wildman–Crippen LogP) is 3.24. The van der Waals surface area contributed by atoms with Crippen LogP contribution in [0.5, 0.6) is 0 Å². The van der Waals surface area contributed by atoms with Crippen molar-refractivity contribution >= 4 is 17.7 Å². The van der Waals surface area contributed by atoms with Gasteiger partial charge < -0.3 is 5.32 Å². The summed E-state index contributed by atoms with van der Waals surface area (Å²) in [5.74, 6) is 0.907. The summed E-state index contributed by atoms with van der Waals surface area (Å²) < 4.78 is 0. The fraction of sp³-hybridized carbons (Fsp3) is 0.417. The van der Waals surface area contributed by atoms with Gasteiger partial charge in [-0.25, -0.2) is 0 Å². The van der Waals surface area contributed by atoms with Crippen LogP contribution in [0, 0.1) is 0 Å².